The maximum absolute atomic E-state index is 9.50. The summed E-state index contributed by atoms with van der Waals surface area (Å²) in [6.07, 6.45) is 0.623. The molecule has 1 aromatic carbocycles. The average molecular weight is 230 g/mol. The number of phenols is 2. The first-order valence-electron chi connectivity index (χ1n) is 4.42. The Labute approximate surface area is 95.6 Å². The Kier molecular flexibility index (Phi) is 5.19. The van der Waals surface area contributed by atoms with E-state index in [1.165, 1.54) is 12.1 Å². The molecule has 4 heteroatoms. The first kappa shape index (κ1) is 13.8. The number of hydrogen-bond donors (Lipinski definition) is 3. The van der Waals surface area contributed by atoms with Gasteiger partial charge in [0.05, 0.1) is 0 Å². The summed E-state index contributed by atoms with van der Waals surface area (Å²) in [5, 5.41) is 18.6. The van der Waals surface area contributed by atoms with Gasteiger partial charge in [0.2, 0.25) is 0 Å². The normalized spacial score (nSPS) is 11.6. The Morgan fingerprint density at radius 2 is 2.07 bits per heavy atom. The summed E-state index contributed by atoms with van der Waals surface area (Å²) in [6, 6.07) is 4.15. The van der Waals surface area contributed by atoms with Gasteiger partial charge in [-0.3, -0.25) is 0 Å². The van der Waals surface area contributed by atoms with Crippen molar-refractivity contribution in [2.45, 2.75) is 19.4 Å². The van der Waals surface area contributed by atoms with E-state index in [2.05, 4.69) is 6.58 Å². The highest BCUT2D eigenvalue weighted by Crippen LogP contribution is 2.29. The predicted octanol–water partition coefficient (Wildman–Crippen LogP) is 2.49. The number of halogens is 1. The van der Waals surface area contributed by atoms with Gasteiger partial charge in [0, 0.05) is 17.7 Å². The van der Waals surface area contributed by atoms with Crippen LogP contribution in [0.4, 0.5) is 0 Å². The van der Waals surface area contributed by atoms with Gasteiger partial charge >= 0.3 is 0 Å². The monoisotopic (exact) mass is 229 g/mol. The van der Waals surface area contributed by atoms with Gasteiger partial charge in [-0.05, 0) is 19.4 Å². The molecule has 0 aliphatic carbocycles. The van der Waals surface area contributed by atoms with Crippen molar-refractivity contribution in [1.29, 1.82) is 0 Å². The van der Waals surface area contributed by atoms with Crippen molar-refractivity contribution in [1.82, 2.24) is 0 Å². The summed E-state index contributed by atoms with van der Waals surface area (Å²) < 4.78 is 0. The van der Waals surface area contributed by atoms with E-state index in [-0.39, 0.29) is 29.9 Å². The molecule has 4 N–H and O–H groups in total. The molecule has 0 amide bonds. The van der Waals surface area contributed by atoms with Crippen LogP contribution in [-0.2, 0) is 0 Å². The maximum atomic E-state index is 9.50. The highest BCUT2D eigenvalue weighted by Gasteiger charge is 2.11. The molecule has 0 aliphatic heterocycles. The SMILES string of the molecule is C=C(C)C[C@@H](N)c1ccc(O)cc1O.Cl. The van der Waals surface area contributed by atoms with Crippen LogP contribution in [0.25, 0.3) is 0 Å². The van der Waals surface area contributed by atoms with Crippen molar-refractivity contribution >= 4 is 12.4 Å². The third-order valence-electron chi connectivity index (χ3n) is 1.98. The smallest absolute Gasteiger partial charge is 0.124 e. The number of benzene rings is 1. The second kappa shape index (κ2) is 5.63. The first-order chi connectivity index (χ1) is 6.50. The number of nitrogens with two attached hydrogens (primary N) is 1. The summed E-state index contributed by atoms with van der Waals surface area (Å²) in [6.45, 7) is 5.64. The van der Waals surface area contributed by atoms with Gasteiger partial charge in [-0.15, -0.1) is 19.0 Å². The van der Waals surface area contributed by atoms with Crippen LogP contribution >= 0.6 is 12.4 Å². The van der Waals surface area contributed by atoms with Crippen LogP contribution in [0.2, 0.25) is 0 Å². The van der Waals surface area contributed by atoms with Gasteiger partial charge in [-0.2, -0.15) is 0 Å². The number of aromatic hydroxyl groups is 2. The quantitative estimate of drug-likeness (QED) is 0.698. The summed E-state index contributed by atoms with van der Waals surface area (Å²) in [7, 11) is 0. The Morgan fingerprint density at radius 3 is 2.53 bits per heavy atom. The molecule has 84 valence electrons. The van der Waals surface area contributed by atoms with Crippen molar-refractivity contribution in [2.24, 2.45) is 5.73 Å². The van der Waals surface area contributed by atoms with Gasteiger partial charge in [0.1, 0.15) is 11.5 Å². The summed E-state index contributed by atoms with van der Waals surface area (Å²) >= 11 is 0. The lowest BCUT2D eigenvalue weighted by molar-refractivity contribution is 0.441. The second-order valence-corrected chi connectivity index (χ2v) is 3.51. The van der Waals surface area contributed by atoms with Gasteiger partial charge in [-0.25, -0.2) is 0 Å². The molecule has 0 saturated heterocycles. The predicted molar refractivity (Wildman–Crippen MR) is 63.4 cm³/mol. The van der Waals surface area contributed by atoms with Crippen LogP contribution in [0.1, 0.15) is 24.9 Å². The lowest BCUT2D eigenvalue weighted by Crippen LogP contribution is -2.10. The molecule has 0 saturated carbocycles. The van der Waals surface area contributed by atoms with E-state index in [0.29, 0.717) is 12.0 Å². The number of phenolic OH excluding ortho intramolecular Hbond substituents is 2. The molecular formula is C11H16ClNO2. The van der Waals surface area contributed by atoms with Crippen molar-refractivity contribution < 1.29 is 10.2 Å². The van der Waals surface area contributed by atoms with Crippen LogP contribution in [-0.4, -0.2) is 10.2 Å². The van der Waals surface area contributed by atoms with Crippen LogP contribution in [0.5, 0.6) is 11.5 Å². The van der Waals surface area contributed by atoms with E-state index in [0.717, 1.165) is 5.57 Å². The van der Waals surface area contributed by atoms with E-state index in [1.807, 2.05) is 6.92 Å². The fourth-order valence-electron chi connectivity index (χ4n) is 1.33. The van der Waals surface area contributed by atoms with Gasteiger partial charge in [0.25, 0.3) is 0 Å². The minimum Gasteiger partial charge on any atom is -0.508 e. The average Bonchev–Trinajstić information content (AvgIpc) is 2.01. The third-order valence-corrected chi connectivity index (χ3v) is 1.98. The molecule has 1 rings (SSSR count). The molecule has 3 nitrogen and oxygen atoms in total. The Hall–Kier alpha value is -1.19. The molecule has 0 radical (unpaired) electrons. The van der Waals surface area contributed by atoms with Crippen molar-refractivity contribution in [3.63, 3.8) is 0 Å². The first-order valence-corrected chi connectivity index (χ1v) is 4.42. The fraction of sp³-hybridized carbons (Fsp3) is 0.273. The van der Waals surface area contributed by atoms with Crippen LogP contribution in [0.3, 0.4) is 0 Å². The third kappa shape index (κ3) is 3.81. The summed E-state index contributed by atoms with van der Waals surface area (Å²) in [5.74, 6) is 0.0625. The zero-order chi connectivity index (χ0) is 10.7. The van der Waals surface area contributed by atoms with Crippen molar-refractivity contribution in [3.05, 3.63) is 35.9 Å². The summed E-state index contributed by atoms with van der Waals surface area (Å²) in [5.41, 5.74) is 7.44. The van der Waals surface area contributed by atoms with E-state index >= 15 is 0 Å². The fourth-order valence-corrected chi connectivity index (χ4v) is 1.33. The molecule has 1 aromatic rings. The highest BCUT2D eigenvalue weighted by molar-refractivity contribution is 5.85. The molecule has 1 atom stereocenters. The zero-order valence-corrected chi connectivity index (χ0v) is 9.42. The highest BCUT2D eigenvalue weighted by atomic mass is 35.5. The molecule has 15 heavy (non-hydrogen) atoms. The minimum absolute atomic E-state index is 0. The molecule has 0 aromatic heterocycles. The van der Waals surface area contributed by atoms with E-state index < -0.39 is 0 Å². The lowest BCUT2D eigenvalue weighted by Gasteiger charge is -2.13. The van der Waals surface area contributed by atoms with Crippen LogP contribution < -0.4 is 5.73 Å². The molecule has 0 unspecified atom stereocenters. The standard InChI is InChI=1S/C11H15NO2.ClH/c1-7(2)5-10(12)9-4-3-8(13)6-11(9)14;/h3-4,6,10,13-14H,1,5,12H2,2H3;1H/t10-;/m1./s1. The van der Waals surface area contributed by atoms with Gasteiger partial charge < -0.3 is 15.9 Å². The van der Waals surface area contributed by atoms with E-state index in [4.69, 9.17) is 10.8 Å². The van der Waals surface area contributed by atoms with Crippen molar-refractivity contribution in [2.75, 3.05) is 0 Å². The Morgan fingerprint density at radius 1 is 1.47 bits per heavy atom. The number of rotatable bonds is 3. The Balaban J connectivity index is 0.00000196. The van der Waals surface area contributed by atoms with Gasteiger partial charge in [0.15, 0.2) is 0 Å². The maximum Gasteiger partial charge on any atom is 0.124 e. The zero-order valence-electron chi connectivity index (χ0n) is 8.60. The molecule has 0 fully saturated rings. The molecule has 0 heterocycles. The molecular weight excluding hydrogens is 214 g/mol. The van der Waals surface area contributed by atoms with E-state index in [1.54, 1.807) is 6.07 Å². The summed E-state index contributed by atoms with van der Waals surface area (Å²) in [4.78, 5) is 0. The lowest BCUT2D eigenvalue weighted by atomic mass is 10.0. The molecule has 0 bridgehead atoms. The second-order valence-electron chi connectivity index (χ2n) is 3.51. The topological polar surface area (TPSA) is 66.5 Å². The van der Waals surface area contributed by atoms with Gasteiger partial charge in [-0.1, -0.05) is 11.6 Å². The molecule has 0 aliphatic rings. The van der Waals surface area contributed by atoms with Crippen LogP contribution in [0, 0.1) is 0 Å². The molecule has 0 spiro atoms. The van der Waals surface area contributed by atoms with E-state index in [9.17, 15) is 5.11 Å². The Bertz CT molecular complexity index is 352. The van der Waals surface area contributed by atoms with Crippen molar-refractivity contribution in [3.8, 4) is 11.5 Å². The largest absolute Gasteiger partial charge is 0.508 e. The number of hydrogen-bond acceptors (Lipinski definition) is 3. The minimum atomic E-state index is -0.270. The van der Waals surface area contributed by atoms with Crippen LogP contribution in [0.15, 0.2) is 30.4 Å².